The van der Waals surface area contributed by atoms with Gasteiger partial charge in [0.1, 0.15) is 6.61 Å². The van der Waals surface area contributed by atoms with Crippen LogP contribution < -0.4 is 15.1 Å². The largest absolute Gasteiger partial charge is 0.447 e. The summed E-state index contributed by atoms with van der Waals surface area (Å²) in [6.45, 7) is 4.14. The summed E-state index contributed by atoms with van der Waals surface area (Å²) >= 11 is 0. The van der Waals surface area contributed by atoms with Crippen LogP contribution in [0.2, 0.25) is 0 Å². The number of morpholine rings is 1. The third kappa shape index (κ3) is 4.26. The molecule has 0 atom stereocenters. The number of benzene rings is 1. The summed E-state index contributed by atoms with van der Waals surface area (Å²) in [5, 5.41) is 3.22. The Labute approximate surface area is 179 Å². The number of carbonyl (C=O) groups is 1. The Kier molecular flexibility index (Phi) is 5.32. The number of hydrogen-bond donors (Lipinski definition) is 1. The highest BCUT2D eigenvalue weighted by atomic mass is 16.6. The van der Waals surface area contributed by atoms with E-state index < -0.39 is 0 Å². The second-order valence-corrected chi connectivity index (χ2v) is 7.23. The predicted octanol–water partition coefficient (Wildman–Crippen LogP) is 3.08. The van der Waals surface area contributed by atoms with Crippen molar-refractivity contribution < 1.29 is 14.3 Å². The molecule has 2 saturated heterocycles. The van der Waals surface area contributed by atoms with Crippen molar-refractivity contribution in [1.29, 1.82) is 0 Å². The fourth-order valence-corrected chi connectivity index (χ4v) is 3.62. The molecule has 2 aliphatic rings. The number of amides is 1. The zero-order chi connectivity index (χ0) is 21.0. The van der Waals surface area contributed by atoms with Crippen molar-refractivity contribution in [2.24, 2.45) is 0 Å². The number of carbonyl (C=O) groups excluding carboxylic acids is 1. The molecular weight excluding hydrogens is 396 g/mol. The van der Waals surface area contributed by atoms with E-state index in [2.05, 4.69) is 31.2 Å². The lowest BCUT2D eigenvalue weighted by atomic mass is 10.2. The van der Waals surface area contributed by atoms with Gasteiger partial charge in [-0.2, -0.15) is 0 Å². The lowest BCUT2D eigenvalue weighted by Gasteiger charge is -2.28. The van der Waals surface area contributed by atoms with Crippen LogP contribution in [-0.2, 0) is 9.47 Å². The molecule has 1 N–H and O–H groups in total. The van der Waals surface area contributed by atoms with Crippen molar-refractivity contribution in [3.05, 3.63) is 55.0 Å². The minimum atomic E-state index is -0.315. The standard InChI is InChI=1S/C22H22N6O3/c29-22-28(9-12-31-22)18-3-1-17(2-4-18)25-21-24-6-5-20(26-21)16-13-19(15-23-14-16)27-7-10-30-11-8-27/h1-6,13-15H,7-12H2,(H,24,25,26). The summed E-state index contributed by atoms with van der Waals surface area (Å²) in [4.78, 5) is 28.9. The summed E-state index contributed by atoms with van der Waals surface area (Å²) in [6.07, 6.45) is 5.08. The maximum atomic E-state index is 11.7. The highest BCUT2D eigenvalue weighted by Gasteiger charge is 2.23. The molecule has 3 aromatic rings. The van der Waals surface area contributed by atoms with Gasteiger partial charge in [-0.15, -0.1) is 0 Å². The molecule has 2 aromatic heterocycles. The molecule has 0 spiro atoms. The number of hydrogen-bond acceptors (Lipinski definition) is 8. The number of ether oxygens (including phenoxy) is 2. The predicted molar refractivity (Wildman–Crippen MR) is 117 cm³/mol. The summed E-state index contributed by atoms with van der Waals surface area (Å²) < 4.78 is 10.4. The maximum Gasteiger partial charge on any atom is 0.414 e. The number of cyclic esters (lactones) is 1. The quantitative estimate of drug-likeness (QED) is 0.676. The van der Waals surface area contributed by atoms with Gasteiger partial charge < -0.3 is 19.7 Å². The van der Waals surface area contributed by atoms with Crippen LogP contribution in [-0.4, -0.2) is 60.5 Å². The van der Waals surface area contributed by atoms with E-state index in [1.807, 2.05) is 36.5 Å². The first-order valence-corrected chi connectivity index (χ1v) is 10.2. The van der Waals surface area contributed by atoms with Gasteiger partial charge in [0.05, 0.1) is 37.3 Å². The van der Waals surface area contributed by atoms with Crippen LogP contribution >= 0.6 is 0 Å². The lowest BCUT2D eigenvalue weighted by molar-refractivity contribution is 0.122. The minimum Gasteiger partial charge on any atom is -0.447 e. The Morgan fingerprint density at radius 2 is 1.77 bits per heavy atom. The molecule has 158 valence electrons. The van der Waals surface area contributed by atoms with E-state index in [-0.39, 0.29) is 6.09 Å². The van der Waals surface area contributed by atoms with Crippen molar-refractivity contribution in [2.75, 3.05) is 54.6 Å². The Balaban J connectivity index is 1.32. The van der Waals surface area contributed by atoms with Crippen molar-refractivity contribution in [1.82, 2.24) is 15.0 Å². The minimum absolute atomic E-state index is 0.315. The first-order valence-electron chi connectivity index (χ1n) is 10.2. The van der Waals surface area contributed by atoms with E-state index in [4.69, 9.17) is 9.47 Å². The summed E-state index contributed by atoms with van der Waals surface area (Å²) in [5.41, 5.74) is 4.40. The highest BCUT2D eigenvalue weighted by molar-refractivity contribution is 5.89. The molecule has 2 aliphatic heterocycles. The van der Waals surface area contributed by atoms with Crippen molar-refractivity contribution in [3.63, 3.8) is 0 Å². The Morgan fingerprint density at radius 3 is 2.55 bits per heavy atom. The third-order valence-electron chi connectivity index (χ3n) is 5.25. The van der Waals surface area contributed by atoms with Gasteiger partial charge in [0.15, 0.2) is 0 Å². The molecular formula is C22H22N6O3. The highest BCUT2D eigenvalue weighted by Crippen LogP contribution is 2.25. The number of aromatic nitrogens is 3. The molecule has 0 radical (unpaired) electrons. The maximum absolute atomic E-state index is 11.7. The summed E-state index contributed by atoms with van der Waals surface area (Å²) in [7, 11) is 0. The molecule has 9 heteroatoms. The van der Waals surface area contributed by atoms with Crippen molar-refractivity contribution in [3.8, 4) is 11.3 Å². The van der Waals surface area contributed by atoms with Crippen LogP contribution in [0, 0.1) is 0 Å². The molecule has 1 amide bonds. The topological polar surface area (TPSA) is 92.7 Å². The SMILES string of the molecule is O=C1OCCN1c1ccc(Nc2nccc(-c3cncc(N4CCOCC4)c3)n2)cc1. The van der Waals surface area contributed by atoms with Crippen molar-refractivity contribution in [2.45, 2.75) is 0 Å². The van der Waals surface area contributed by atoms with E-state index >= 15 is 0 Å². The van der Waals surface area contributed by atoms with E-state index in [1.54, 1.807) is 17.3 Å². The van der Waals surface area contributed by atoms with Gasteiger partial charge in [-0.1, -0.05) is 0 Å². The zero-order valence-corrected chi connectivity index (χ0v) is 16.9. The number of rotatable bonds is 5. The van der Waals surface area contributed by atoms with Crippen LogP contribution in [0.1, 0.15) is 0 Å². The first kappa shape index (κ1) is 19.3. The monoisotopic (exact) mass is 418 g/mol. The van der Waals surface area contributed by atoms with Gasteiger partial charge in [0.2, 0.25) is 5.95 Å². The number of pyridine rings is 1. The average Bonchev–Trinajstić information content (AvgIpc) is 3.26. The van der Waals surface area contributed by atoms with E-state index in [9.17, 15) is 4.79 Å². The molecule has 0 aliphatic carbocycles. The van der Waals surface area contributed by atoms with Gasteiger partial charge in [-0.3, -0.25) is 9.88 Å². The molecule has 4 heterocycles. The molecule has 5 rings (SSSR count). The molecule has 2 fully saturated rings. The van der Waals surface area contributed by atoms with Gasteiger partial charge in [0.25, 0.3) is 0 Å². The average molecular weight is 418 g/mol. The Morgan fingerprint density at radius 1 is 0.935 bits per heavy atom. The molecule has 9 nitrogen and oxygen atoms in total. The number of nitrogens with one attached hydrogen (secondary N) is 1. The van der Waals surface area contributed by atoms with Crippen LogP contribution in [0.25, 0.3) is 11.3 Å². The van der Waals surface area contributed by atoms with Crippen LogP contribution in [0.3, 0.4) is 0 Å². The second kappa shape index (κ2) is 8.57. The summed E-state index contributed by atoms with van der Waals surface area (Å²) in [6, 6.07) is 11.5. The van der Waals surface area contributed by atoms with E-state index in [0.29, 0.717) is 19.1 Å². The Bertz CT molecular complexity index is 1070. The van der Waals surface area contributed by atoms with E-state index in [1.165, 1.54) is 0 Å². The third-order valence-corrected chi connectivity index (χ3v) is 5.25. The van der Waals surface area contributed by atoms with Crippen LogP contribution in [0.15, 0.2) is 55.0 Å². The summed E-state index contributed by atoms with van der Waals surface area (Å²) in [5.74, 6) is 0.489. The van der Waals surface area contributed by atoms with Gasteiger partial charge in [0, 0.05) is 42.4 Å². The molecule has 1 aromatic carbocycles. The second-order valence-electron chi connectivity index (χ2n) is 7.23. The smallest absolute Gasteiger partial charge is 0.414 e. The van der Waals surface area contributed by atoms with Gasteiger partial charge >= 0.3 is 6.09 Å². The first-order chi connectivity index (χ1) is 15.3. The molecule has 0 unspecified atom stereocenters. The fraction of sp³-hybridized carbons (Fsp3) is 0.273. The van der Waals surface area contributed by atoms with E-state index in [0.717, 1.165) is 54.6 Å². The normalized spacial score (nSPS) is 16.3. The van der Waals surface area contributed by atoms with Gasteiger partial charge in [-0.05, 0) is 36.4 Å². The number of nitrogens with zero attached hydrogens (tertiary/aromatic N) is 5. The molecule has 0 saturated carbocycles. The zero-order valence-electron chi connectivity index (χ0n) is 16.9. The molecule has 0 bridgehead atoms. The van der Waals surface area contributed by atoms with Crippen molar-refractivity contribution >= 4 is 29.1 Å². The van der Waals surface area contributed by atoms with Crippen LogP contribution in [0.5, 0.6) is 0 Å². The fourth-order valence-electron chi connectivity index (χ4n) is 3.62. The number of anilines is 4. The van der Waals surface area contributed by atoms with Gasteiger partial charge in [-0.25, -0.2) is 14.8 Å². The molecule has 31 heavy (non-hydrogen) atoms. The van der Waals surface area contributed by atoms with Crippen LogP contribution in [0.4, 0.5) is 27.8 Å². The lowest BCUT2D eigenvalue weighted by Crippen LogP contribution is -2.36. The Hall–Kier alpha value is -3.72.